The van der Waals surface area contributed by atoms with Gasteiger partial charge in [0.05, 0.1) is 0 Å². The molecule has 0 saturated carbocycles. The third-order valence-electron chi connectivity index (χ3n) is 3.77. The van der Waals surface area contributed by atoms with Crippen molar-refractivity contribution < 1.29 is 13.2 Å². The Morgan fingerprint density at radius 2 is 2.10 bits per heavy atom. The molecule has 2 N–H and O–H groups in total. The van der Waals surface area contributed by atoms with E-state index in [0.717, 1.165) is 37.5 Å². The third-order valence-corrected chi connectivity index (χ3v) is 6.90. The normalized spacial score (nSPS) is 18.8. The molecule has 5 nitrogen and oxygen atoms in total. The molecule has 0 amide bonds. The van der Waals surface area contributed by atoms with E-state index in [4.69, 9.17) is 4.74 Å². The molecule has 0 bridgehead atoms. The van der Waals surface area contributed by atoms with Crippen molar-refractivity contribution in [2.45, 2.75) is 43.5 Å². The zero-order chi connectivity index (χ0) is 15.3. The zero-order valence-corrected chi connectivity index (χ0v) is 14.2. The summed E-state index contributed by atoms with van der Waals surface area (Å²) in [6.07, 6.45) is 1.83. The average molecular weight is 332 g/mol. The Morgan fingerprint density at radius 1 is 1.38 bits per heavy atom. The highest BCUT2D eigenvalue weighted by atomic mass is 32.2. The smallest absolute Gasteiger partial charge is 0.250 e. The summed E-state index contributed by atoms with van der Waals surface area (Å²) < 4.78 is 33.4. The summed E-state index contributed by atoms with van der Waals surface area (Å²) in [5.74, 6) is 0.356. The molecular formula is C14H24N2O3S2. The summed E-state index contributed by atoms with van der Waals surface area (Å²) in [4.78, 5) is 1.04. The van der Waals surface area contributed by atoms with Crippen molar-refractivity contribution in [3.63, 3.8) is 0 Å². The quantitative estimate of drug-likeness (QED) is 0.801. The van der Waals surface area contributed by atoms with Crippen molar-refractivity contribution in [3.05, 3.63) is 17.0 Å². The Labute approximate surface area is 131 Å². The second-order valence-corrected chi connectivity index (χ2v) is 8.47. The third kappa shape index (κ3) is 4.75. The fourth-order valence-corrected chi connectivity index (χ4v) is 5.12. The highest BCUT2D eigenvalue weighted by Crippen LogP contribution is 2.24. The summed E-state index contributed by atoms with van der Waals surface area (Å²) in [6, 6.07) is 3.51. The van der Waals surface area contributed by atoms with E-state index in [9.17, 15) is 8.42 Å². The van der Waals surface area contributed by atoms with Gasteiger partial charge in [0, 0.05) is 30.7 Å². The van der Waals surface area contributed by atoms with Crippen LogP contribution in [0.25, 0.3) is 0 Å². The van der Waals surface area contributed by atoms with Crippen LogP contribution in [0.1, 0.15) is 31.6 Å². The van der Waals surface area contributed by atoms with Crippen LogP contribution in [0.4, 0.5) is 0 Å². The molecule has 21 heavy (non-hydrogen) atoms. The largest absolute Gasteiger partial charge is 0.381 e. The van der Waals surface area contributed by atoms with Gasteiger partial charge in [-0.25, -0.2) is 13.1 Å². The van der Waals surface area contributed by atoms with Crippen LogP contribution in [0.15, 0.2) is 16.3 Å². The molecule has 0 aromatic carbocycles. The molecule has 1 aliphatic heterocycles. The maximum atomic E-state index is 12.4. The average Bonchev–Trinajstić information content (AvgIpc) is 2.95. The number of ether oxygens (including phenoxy) is 1. The zero-order valence-electron chi connectivity index (χ0n) is 12.6. The van der Waals surface area contributed by atoms with E-state index in [1.54, 1.807) is 6.07 Å². The monoisotopic (exact) mass is 332 g/mol. The second-order valence-electron chi connectivity index (χ2n) is 5.36. The highest BCUT2D eigenvalue weighted by Gasteiger charge is 2.26. The van der Waals surface area contributed by atoms with Crippen LogP contribution in [0.3, 0.4) is 0 Å². The molecule has 1 atom stereocenters. The van der Waals surface area contributed by atoms with Crippen molar-refractivity contribution in [2.24, 2.45) is 5.92 Å². The number of hydrogen-bond donors (Lipinski definition) is 2. The molecule has 1 fully saturated rings. The van der Waals surface area contributed by atoms with Crippen molar-refractivity contribution in [1.82, 2.24) is 10.0 Å². The van der Waals surface area contributed by atoms with E-state index in [0.29, 0.717) is 16.7 Å². The van der Waals surface area contributed by atoms with Gasteiger partial charge in [-0.2, -0.15) is 0 Å². The molecule has 0 aliphatic carbocycles. The van der Waals surface area contributed by atoms with Crippen molar-refractivity contribution >= 4 is 21.4 Å². The predicted octanol–water partition coefficient (Wildman–Crippen LogP) is 1.95. The number of nitrogens with one attached hydrogen (secondary N) is 2. The van der Waals surface area contributed by atoms with Crippen LogP contribution in [0.2, 0.25) is 0 Å². The summed E-state index contributed by atoms with van der Waals surface area (Å²) in [6.45, 7) is 7.01. The topological polar surface area (TPSA) is 67.4 Å². The molecule has 1 aromatic rings. The van der Waals surface area contributed by atoms with Crippen LogP contribution in [0.5, 0.6) is 0 Å². The molecule has 7 heteroatoms. The summed E-state index contributed by atoms with van der Waals surface area (Å²) in [5.41, 5.74) is 0. The minimum Gasteiger partial charge on any atom is -0.381 e. The Kier molecular flexibility index (Phi) is 6.19. The lowest BCUT2D eigenvalue weighted by molar-refractivity contribution is 0.0586. The van der Waals surface area contributed by atoms with Gasteiger partial charge in [-0.3, -0.25) is 0 Å². The predicted molar refractivity (Wildman–Crippen MR) is 85.0 cm³/mol. The minimum absolute atomic E-state index is 0.0572. The molecule has 2 rings (SSSR count). The first-order chi connectivity index (χ1) is 10.0. The van der Waals surface area contributed by atoms with E-state index < -0.39 is 10.0 Å². The van der Waals surface area contributed by atoms with Gasteiger partial charge in [-0.1, -0.05) is 6.92 Å². The van der Waals surface area contributed by atoms with E-state index in [2.05, 4.69) is 10.0 Å². The molecule has 2 heterocycles. The maximum Gasteiger partial charge on any atom is 0.250 e. The van der Waals surface area contributed by atoms with Gasteiger partial charge >= 0.3 is 0 Å². The fraction of sp³-hybridized carbons (Fsp3) is 0.714. The van der Waals surface area contributed by atoms with Crippen LogP contribution in [-0.4, -0.2) is 34.2 Å². The van der Waals surface area contributed by atoms with E-state index in [1.807, 2.05) is 19.9 Å². The van der Waals surface area contributed by atoms with E-state index in [1.165, 1.54) is 11.3 Å². The van der Waals surface area contributed by atoms with Gasteiger partial charge in [0.1, 0.15) is 4.21 Å². The Hall–Kier alpha value is -0.470. The van der Waals surface area contributed by atoms with Gasteiger partial charge in [-0.15, -0.1) is 11.3 Å². The first-order valence-corrected chi connectivity index (χ1v) is 9.72. The summed E-state index contributed by atoms with van der Waals surface area (Å²) >= 11 is 1.33. The number of thiophene rings is 1. The molecule has 0 spiro atoms. The van der Waals surface area contributed by atoms with Gasteiger partial charge in [0.15, 0.2) is 0 Å². The first kappa shape index (κ1) is 16.9. The van der Waals surface area contributed by atoms with Crippen LogP contribution >= 0.6 is 11.3 Å². The lowest BCUT2D eigenvalue weighted by atomic mass is 9.94. The maximum absolute atomic E-state index is 12.4. The Balaban J connectivity index is 1.98. The van der Waals surface area contributed by atoms with Crippen LogP contribution in [-0.2, 0) is 21.3 Å². The SMILES string of the molecule is CCNCc1ccc(S(=O)(=O)NC(C)C2CCOCC2)s1. The molecule has 1 saturated heterocycles. The van der Waals surface area contributed by atoms with Crippen LogP contribution in [0, 0.1) is 5.92 Å². The lowest BCUT2D eigenvalue weighted by Crippen LogP contribution is -2.39. The van der Waals surface area contributed by atoms with Gasteiger partial charge in [0.2, 0.25) is 10.0 Å². The number of rotatable bonds is 7. The molecular weight excluding hydrogens is 308 g/mol. The van der Waals surface area contributed by atoms with Crippen molar-refractivity contribution in [3.8, 4) is 0 Å². The van der Waals surface area contributed by atoms with E-state index in [-0.39, 0.29) is 6.04 Å². The molecule has 0 radical (unpaired) electrons. The molecule has 1 aliphatic rings. The van der Waals surface area contributed by atoms with Gasteiger partial charge in [-0.05, 0) is 44.4 Å². The Bertz CT molecular complexity index is 536. The van der Waals surface area contributed by atoms with Gasteiger partial charge in [0.25, 0.3) is 0 Å². The first-order valence-electron chi connectivity index (χ1n) is 7.42. The molecule has 1 unspecified atom stereocenters. The second kappa shape index (κ2) is 7.69. The standard InChI is InChI=1S/C14H24N2O3S2/c1-3-15-10-13-4-5-14(20-13)21(17,18)16-11(2)12-6-8-19-9-7-12/h4-5,11-12,15-16H,3,6-10H2,1-2H3. The van der Waals surface area contributed by atoms with Gasteiger partial charge < -0.3 is 10.1 Å². The minimum atomic E-state index is -3.41. The fourth-order valence-electron chi connectivity index (χ4n) is 2.46. The van der Waals surface area contributed by atoms with Crippen molar-refractivity contribution in [1.29, 1.82) is 0 Å². The lowest BCUT2D eigenvalue weighted by Gasteiger charge is -2.27. The van der Waals surface area contributed by atoms with Crippen molar-refractivity contribution in [2.75, 3.05) is 19.8 Å². The number of sulfonamides is 1. The van der Waals surface area contributed by atoms with Crippen LogP contribution < -0.4 is 10.0 Å². The summed E-state index contributed by atoms with van der Waals surface area (Å²) in [5, 5.41) is 3.20. The Morgan fingerprint density at radius 3 is 2.76 bits per heavy atom. The molecule has 1 aromatic heterocycles. The van der Waals surface area contributed by atoms with E-state index >= 15 is 0 Å². The highest BCUT2D eigenvalue weighted by molar-refractivity contribution is 7.91. The summed E-state index contributed by atoms with van der Waals surface area (Å²) in [7, 11) is -3.41. The number of hydrogen-bond acceptors (Lipinski definition) is 5. The molecule has 120 valence electrons.